The van der Waals surface area contributed by atoms with Gasteiger partial charge in [0.25, 0.3) is 0 Å². The number of aliphatic hydroxyl groups is 1. The molecule has 0 radical (unpaired) electrons. The Bertz CT molecular complexity index is 210. The second-order valence-corrected chi connectivity index (χ2v) is 5.37. The van der Waals surface area contributed by atoms with Crippen molar-refractivity contribution in [2.75, 3.05) is 6.54 Å². The minimum Gasteiger partial charge on any atom is -0.392 e. The highest BCUT2D eigenvalue weighted by molar-refractivity contribution is 4.81. The Kier molecular flexibility index (Phi) is 4.62. The number of hydrogen-bond acceptors (Lipinski definition) is 3. The molecule has 2 fully saturated rings. The molecule has 4 unspecified atom stereocenters. The topological polar surface area (TPSA) is 41.5 Å². The summed E-state index contributed by atoms with van der Waals surface area (Å²) in [5.41, 5.74) is 0. The molecule has 0 aromatic carbocycles. The molecular formula is C13H25NO2. The largest absolute Gasteiger partial charge is 0.392 e. The highest BCUT2D eigenvalue weighted by Crippen LogP contribution is 2.21. The second-order valence-electron chi connectivity index (χ2n) is 5.37. The van der Waals surface area contributed by atoms with E-state index in [2.05, 4.69) is 12.2 Å². The van der Waals surface area contributed by atoms with E-state index < -0.39 is 0 Å². The van der Waals surface area contributed by atoms with Crippen LogP contribution >= 0.6 is 0 Å². The summed E-state index contributed by atoms with van der Waals surface area (Å²) < 4.78 is 5.77. The fourth-order valence-electron chi connectivity index (χ4n) is 2.84. The summed E-state index contributed by atoms with van der Waals surface area (Å²) in [6, 6.07) is 0.294. The van der Waals surface area contributed by atoms with Gasteiger partial charge >= 0.3 is 0 Å². The lowest BCUT2D eigenvalue weighted by molar-refractivity contribution is 0.0470. The van der Waals surface area contributed by atoms with Crippen LogP contribution in [0.3, 0.4) is 0 Å². The summed E-state index contributed by atoms with van der Waals surface area (Å²) >= 11 is 0. The first-order chi connectivity index (χ1) is 7.75. The van der Waals surface area contributed by atoms with E-state index in [0.717, 1.165) is 25.8 Å². The first kappa shape index (κ1) is 12.3. The Hall–Kier alpha value is -0.120. The van der Waals surface area contributed by atoms with Crippen LogP contribution < -0.4 is 5.32 Å². The summed E-state index contributed by atoms with van der Waals surface area (Å²) in [5, 5.41) is 13.5. The SMILES string of the molecule is CC1CCC(CNC2CCCCCC2O)O1. The van der Waals surface area contributed by atoms with Gasteiger partial charge in [-0.3, -0.25) is 0 Å². The van der Waals surface area contributed by atoms with Crippen molar-refractivity contribution in [3.05, 3.63) is 0 Å². The Balaban J connectivity index is 1.71. The molecule has 1 aliphatic heterocycles. The Morgan fingerprint density at radius 1 is 1.12 bits per heavy atom. The van der Waals surface area contributed by atoms with E-state index in [0.29, 0.717) is 18.2 Å². The predicted molar refractivity (Wildman–Crippen MR) is 64.5 cm³/mol. The van der Waals surface area contributed by atoms with E-state index in [1.165, 1.54) is 25.7 Å². The molecule has 1 aliphatic carbocycles. The molecule has 1 heterocycles. The predicted octanol–water partition coefficient (Wildman–Crippen LogP) is 1.84. The summed E-state index contributed by atoms with van der Waals surface area (Å²) in [4.78, 5) is 0. The summed E-state index contributed by atoms with van der Waals surface area (Å²) in [6.07, 6.45) is 8.75. The summed E-state index contributed by atoms with van der Waals surface area (Å²) in [5.74, 6) is 0. The fraction of sp³-hybridized carbons (Fsp3) is 1.00. The van der Waals surface area contributed by atoms with Crippen LogP contribution in [0.1, 0.15) is 51.9 Å². The quantitative estimate of drug-likeness (QED) is 0.723. The molecule has 0 aromatic rings. The van der Waals surface area contributed by atoms with Gasteiger partial charge in [0.1, 0.15) is 0 Å². The van der Waals surface area contributed by atoms with Crippen LogP contribution in [-0.4, -0.2) is 36.0 Å². The fourth-order valence-corrected chi connectivity index (χ4v) is 2.84. The van der Waals surface area contributed by atoms with Gasteiger partial charge in [0.15, 0.2) is 0 Å². The van der Waals surface area contributed by atoms with Gasteiger partial charge in [0.05, 0.1) is 18.3 Å². The second kappa shape index (κ2) is 5.99. The van der Waals surface area contributed by atoms with E-state index >= 15 is 0 Å². The lowest BCUT2D eigenvalue weighted by atomic mass is 10.1. The molecule has 3 heteroatoms. The van der Waals surface area contributed by atoms with Gasteiger partial charge in [0.2, 0.25) is 0 Å². The van der Waals surface area contributed by atoms with Crippen LogP contribution in [0.25, 0.3) is 0 Å². The van der Waals surface area contributed by atoms with Crippen LogP contribution in [0.2, 0.25) is 0 Å². The minimum absolute atomic E-state index is 0.152. The maximum atomic E-state index is 9.97. The molecule has 94 valence electrons. The van der Waals surface area contributed by atoms with E-state index in [4.69, 9.17) is 4.74 Å². The molecule has 2 aliphatic rings. The molecule has 4 atom stereocenters. The smallest absolute Gasteiger partial charge is 0.0704 e. The van der Waals surface area contributed by atoms with E-state index in [1.807, 2.05) is 0 Å². The van der Waals surface area contributed by atoms with Gasteiger partial charge < -0.3 is 15.2 Å². The maximum Gasteiger partial charge on any atom is 0.0704 e. The molecule has 2 N–H and O–H groups in total. The van der Waals surface area contributed by atoms with Crippen molar-refractivity contribution in [1.82, 2.24) is 5.32 Å². The summed E-state index contributed by atoms with van der Waals surface area (Å²) in [6.45, 7) is 3.05. The van der Waals surface area contributed by atoms with Crippen LogP contribution in [0.5, 0.6) is 0 Å². The van der Waals surface area contributed by atoms with Gasteiger partial charge in [-0.25, -0.2) is 0 Å². The molecule has 1 saturated heterocycles. The third-order valence-corrected chi connectivity index (χ3v) is 3.91. The summed E-state index contributed by atoms with van der Waals surface area (Å²) in [7, 11) is 0. The zero-order valence-corrected chi connectivity index (χ0v) is 10.3. The maximum absolute atomic E-state index is 9.97. The van der Waals surface area contributed by atoms with E-state index in [-0.39, 0.29) is 6.10 Å². The Morgan fingerprint density at radius 3 is 2.69 bits per heavy atom. The lowest BCUT2D eigenvalue weighted by Crippen LogP contribution is -2.42. The van der Waals surface area contributed by atoms with Crippen molar-refractivity contribution < 1.29 is 9.84 Å². The molecule has 0 aromatic heterocycles. The van der Waals surface area contributed by atoms with Crippen LogP contribution in [-0.2, 0) is 4.74 Å². The zero-order chi connectivity index (χ0) is 11.4. The van der Waals surface area contributed by atoms with Crippen molar-refractivity contribution in [2.24, 2.45) is 0 Å². The molecule has 1 saturated carbocycles. The monoisotopic (exact) mass is 227 g/mol. The van der Waals surface area contributed by atoms with Crippen molar-refractivity contribution in [2.45, 2.75) is 76.2 Å². The lowest BCUT2D eigenvalue weighted by Gasteiger charge is -2.23. The zero-order valence-electron chi connectivity index (χ0n) is 10.3. The highest BCUT2D eigenvalue weighted by atomic mass is 16.5. The minimum atomic E-state index is -0.152. The first-order valence-corrected chi connectivity index (χ1v) is 6.82. The Labute approximate surface area is 98.6 Å². The number of ether oxygens (including phenoxy) is 1. The number of nitrogens with one attached hydrogen (secondary N) is 1. The van der Waals surface area contributed by atoms with Crippen molar-refractivity contribution in [1.29, 1.82) is 0 Å². The molecule has 0 spiro atoms. The third-order valence-electron chi connectivity index (χ3n) is 3.91. The van der Waals surface area contributed by atoms with Crippen molar-refractivity contribution in [3.63, 3.8) is 0 Å². The van der Waals surface area contributed by atoms with Gasteiger partial charge in [-0.1, -0.05) is 19.3 Å². The van der Waals surface area contributed by atoms with Crippen molar-refractivity contribution >= 4 is 0 Å². The van der Waals surface area contributed by atoms with E-state index in [1.54, 1.807) is 0 Å². The van der Waals surface area contributed by atoms with Gasteiger partial charge in [-0.05, 0) is 32.6 Å². The number of aliphatic hydroxyl groups excluding tert-OH is 1. The highest BCUT2D eigenvalue weighted by Gasteiger charge is 2.25. The van der Waals surface area contributed by atoms with Crippen LogP contribution in [0.15, 0.2) is 0 Å². The van der Waals surface area contributed by atoms with Crippen LogP contribution in [0.4, 0.5) is 0 Å². The average Bonchev–Trinajstić information content (AvgIpc) is 2.56. The molecule has 3 nitrogen and oxygen atoms in total. The number of hydrogen-bond donors (Lipinski definition) is 2. The van der Waals surface area contributed by atoms with E-state index in [9.17, 15) is 5.11 Å². The average molecular weight is 227 g/mol. The molecule has 0 amide bonds. The molecular weight excluding hydrogens is 202 g/mol. The number of rotatable bonds is 3. The Morgan fingerprint density at radius 2 is 1.94 bits per heavy atom. The van der Waals surface area contributed by atoms with Crippen molar-refractivity contribution in [3.8, 4) is 0 Å². The van der Waals surface area contributed by atoms with Gasteiger partial charge in [0, 0.05) is 12.6 Å². The third kappa shape index (κ3) is 3.44. The standard InChI is InChI=1S/C13H25NO2/c1-10-7-8-11(16-10)9-14-12-5-3-2-4-6-13(12)15/h10-15H,2-9H2,1H3. The first-order valence-electron chi connectivity index (χ1n) is 6.82. The normalized spacial score (nSPS) is 40.9. The molecule has 0 bridgehead atoms. The van der Waals surface area contributed by atoms with Gasteiger partial charge in [-0.2, -0.15) is 0 Å². The molecule has 2 rings (SSSR count). The van der Waals surface area contributed by atoms with Crippen LogP contribution in [0, 0.1) is 0 Å². The van der Waals surface area contributed by atoms with Gasteiger partial charge in [-0.15, -0.1) is 0 Å². The molecule has 16 heavy (non-hydrogen) atoms.